The van der Waals surface area contributed by atoms with Gasteiger partial charge in [-0.25, -0.2) is 4.68 Å². The summed E-state index contributed by atoms with van der Waals surface area (Å²) in [7, 11) is 0. The highest BCUT2D eigenvalue weighted by atomic mass is 16.6. The average molecular weight is 406 g/mol. The monoisotopic (exact) mass is 406 g/mol. The molecule has 0 fully saturated rings. The molecule has 0 spiro atoms. The molecule has 1 unspecified atom stereocenters. The first kappa shape index (κ1) is 19.7. The van der Waals surface area contributed by atoms with E-state index in [0.717, 1.165) is 5.56 Å². The van der Waals surface area contributed by atoms with Crippen molar-refractivity contribution in [2.45, 2.75) is 19.8 Å². The van der Waals surface area contributed by atoms with E-state index in [1.54, 1.807) is 18.5 Å². The van der Waals surface area contributed by atoms with Crippen LogP contribution in [0.3, 0.4) is 0 Å². The predicted octanol–water partition coefficient (Wildman–Crippen LogP) is 3.43. The molecule has 0 bridgehead atoms. The van der Waals surface area contributed by atoms with Gasteiger partial charge in [-0.05, 0) is 25.5 Å². The van der Waals surface area contributed by atoms with Crippen molar-refractivity contribution in [1.29, 1.82) is 0 Å². The molecule has 30 heavy (non-hydrogen) atoms. The summed E-state index contributed by atoms with van der Waals surface area (Å²) in [5.74, 6) is -3.47. The molecule has 7 nitrogen and oxygen atoms in total. The molecule has 3 aromatic rings. The Labute approximate surface area is 173 Å². The Morgan fingerprint density at radius 3 is 2.23 bits per heavy atom. The zero-order valence-corrected chi connectivity index (χ0v) is 16.7. The Kier molecular flexibility index (Phi) is 5.27. The number of carbonyl (C=O) groups excluding carboxylic acids is 2. The molecular weight excluding hydrogens is 384 g/mol. The minimum atomic E-state index is -1.25. The Bertz CT molecular complexity index is 1070. The SMILES string of the molecule is CCOC(=O)C(C(=O)OCC)C1c2ccccc2-n2nc(-c3ccccc3)c(O)c21. The molecule has 1 aliphatic rings. The Balaban J connectivity index is 1.92. The van der Waals surface area contributed by atoms with Crippen molar-refractivity contribution in [2.24, 2.45) is 5.92 Å². The van der Waals surface area contributed by atoms with Crippen molar-refractivity contribution in [3.8, 4) is 22.7 Å². The third-order valence-corrected chi connectivity index (χ3v) is 5.15. The second-order valence-corrected chi connectivity index (χ2v) is 6.88. The van der Waals surface area contributed by atoms with Gasteiger partial charge < -0.3 is 14.6 Å². The first-order valence-electron chi connectivity index (χ1n) is 9.88. The molecule has 1 aromatic heterocycles. The van der Waals surface area contributed by atoms with Gasteiger partial charge in [0.15, 0.2) is 11.7 Å². The molecular formula is C23H22N2O5. The Morgan fingerprint density at radius 2 is 1.60 bits per heavy atom. The first-order valence-corrected chi connectivity index (χ1v) is 9.88. The fraction of sp³-hybridized carbons (Fsp3) is 0.261. The van der Waals surface area contributed by atoms with Crippen LogP contribution in [0.4, 0.5) is 0 Å². The van der Waals surface area contributed by atoms with Crippen LogP contribution in [0.5, 0.6) is 5.75 Å². The number of para-hydroxylation sites is 1. The van der Waals surface area contributed by atoms with Crippen molar-refractivity contribution < 1.29 is 24.2 Å². The number of esters is 2. The summed E-state index contributed by atoms with van der Waals surface area (Å²) >= 11 is 0. The van der Waals surface area contributed by atoms with Crippen molar-refractivity contribution >= 4 is 11.9 Å². The lowest BCUT2D eigenvalue weighted by Gasteiger charge is -2.21. The zero-order valence-electron chi connectivity index (χ0n) is 16.7. The van der Waals surface area contributed by atoms with Crippen LogP contribution in [0.25, 0.3) is 16.9 Å². The Hall–Kier alpha value is -3.61. The van der Waals surface area contributed by atoms with E-state index in [0.29, 0.717) is 22.6 Å². The number of nitrogens with zero attached hydrogens (tertiary/aromatic N) is 2. The highest BCUT2D eigenvalue weighted by Gasteiger charge is 2.47. The third kappa shape index (κ3) is 3.12. The summed E-state index contributed by atoms with van der Waals surface area (Å²) in [6.45, 7) is 3.61. The van der Waals surface area contributed by atoms with Crippen molar-refractivity contribution in [2.75, 3.05) is 13.2 Å². The number of aromatic nitrogens is 2. The molecule has 0 radical (unpaired) electrons. The van der Waals surface area contributed by atoms with E-state index in [-0.39, 0.29) is 19.0 Å². The second kappa shape index (κ2) is 8.02. The number of ether oxygens (including phenoxy) is 2. The number of fused-ring (bicyclic) bond motifs is 3. The van der Waals surface area contributed by atoms with Gasteiger partial charge in [0.25, 0.3) is 0 Å². The van der Waals surface area contributed by atoms with E-state index in [9.17, 15) is 14.7 Å². The smallest absolute Gasteiger partial charge is 0.321 e. The van der Waals surface area contributed by atoms with E-state index in [2.05, 4.69) is 5.10 Å². The highest BCUT2D eigenvalue weighted by Crippen LogP contribution is 2.49. The van der Waals surface area contributed by atoms with E-state index < -0.39 is 23.8 Å². The quantitative estimate of drug-likeness (QED) is 0.498. The van der Waals surface area contributed by atoms with Crippen LogP contribution in [0.1, 0.15) is 31.0 Å². The normalized spacial score (nSPS) is 14.3. The molecule has 7 heteroatoms. The molecule has 0 saturated heterocycles. The standard InChI is InChI=1S/C23H22N2O5/c1-3-29-22(27)18(23(28)30-4-2)17-15-12-8-9-13-16(15)25-20(17)21(26)19(24-25)14-10-6-5-7-11-14/h5-13,17-18,26H,3-4H2,1-2H3. The third-order valence-electron chi connectivity index (χ3n) is 5.15. The minimum absolute atomic E-state index is 0.0685. The van der Waals surface area contributed by atoms with Gasteiger partial charge in [-0.2, -0.15) is 5.10 Å². The van der Waals surface area contributed by atoms with Gasteiger partial charge in [-0.1, -0.05) is 48.5 Å². The Morgan fingerprint density at radius 1 is 1.00 bits per heavy atom. The van der Waals surface area contributed by atoms with E-state index >= 15 is 0 Å². The first-order chi connectivity index (χ1) is 14.6. The van der Waals surface area contributed by atoms with Crippen LogP contribution in [-0.2, 0) is 19.1 Å². The average Bonchev–Trinajstić information content (AvgIpc) is 3.25. The molecule has 2 aromatic carbocycles. The van der Waals surface area contributed by atoms with Crippen LogP contribution in [0, 0.1) is 5.92 Å². The lowest BCUT2D eigenvalue weighted by molar-refractivity contribution is -0.162. The largest absolute Gasteiger partial charge is 0.504 e. The van der Waals surface area contributed by atoms with Gasteiger partial charge in [0.2, 0.25) is 0 Å². The molecule has 1 N–H and O–H groups in total. The maximum Gasteiger partial charge on any atom is 0.321 e. The second-order valence-electron chi connectivity index (χ2n) is 6.88. The molecule has 0 amide bonds. The number of carbonyl (C=O) groups is 2. The summed E-state index contributed by atoms with van der Waals surface area (Å²) in [6.07, 6.45) is 0. The fourth-order valence-corrected chi connectivity index (χ4v) is 3.94. The van der Waals surface area contributed by atoms with Crippen LogP contribution in [0.15, 0.2) is 54.6 Å². The molecule has 154 valence electrons. The lowest BCUT2D eigenvalue weighted by Crippen LogP contribution is -2.33. The molecule has 1 aliphatic heterocycles. The molecule has 1 atom stereocenters. The number of hydrogen-bond donors (Lipinski definition) is 1. The van der Waals surface area contributed by atoms with E-state index in [4.69, 9.17) is 9.47 Å². The van der Waals surface area contributed by atoms with Gasteiger partial charge >= 0.3 is 11.9 Å². The summed E-state index contributed by atoms with van der Waals surface area (Å²) in [4.78, 5) is 25.6. The molecule has 4 rings (SSSR count). The van der Waals surface area contributed by atoms with Gasteiger partial charge in [-0.3, -0.25) is 9.59 Å². The molecule has 0 saturated carbocycles. The number of aromatic hydroxyl groups is 1. The topological polar surface area (TPSA) is 90.7 Å². The minimum Gasteiger partial charge on any atom is -0.504 e. The van der Waals surface area contributed by atoms with Crippen molar-refractivity contribution in [1.82, 2.24) is 9.78 Å². The number of hydrogen-bond acceptors (Lipinski definition) is 6. The van der Waals surface area contributed by atoms with Crippen molar-refractivity contribution in [3.05, 3.63) is 65.9 Å². The van der Waals surface area contributed by atoms with E-state index in [1.165, 1.54) is 0 Å². The fourth-order valence-electron chi connectivity index (χ4n) is 3.94. The zero-order chi connectivity index (χ0) is 21.3. The van der Waals surface area contributed by atoms with Crippen molar-refractivity contribution in [3.63, 3.8) is 0 Å². The lowest BCUT2D eigenvalue weighted by atomic mass is 9.84. The van der Waals surface area contributed by atoms with Gasteiger partial charge in [0, 0.05) is 5.56 Å². The highest BCUT2D eigenvalue weighted by molar-refractivity contribution is 5.97. The van der Waals surface area contributed by atoms with Crippen LogP contribution in [0.2, 0.25) is 0 Å². The van der Waals surface area contributed by atoms with Gasteiger partial charge in [-0.15, -0.1) is 0 Å². The summed E-state index contributed by atoms with van der Waals surface area (Å²) < 4.78 is 12.0. The molecule has 2 heterocycles. The maximum atomic E-state index is 12.8. The van der Waals surface area contributed by atoms with E-state index in [1.807, 2.05) is 54.6 Å². The predicted molar refractivity (Wildman–Crippen MR) is 109 cm³/mol. The van der Waals surface area contributed by atoms with Gasteiger partial charge in [0.05, 0.1) is 30.5 Å². The van der Waals surface area contributed by atoms with Crippen LogP contribution < -0.4 is 0 Å². The summed E-state index contributed by atoms with van der Waals surface area (Å²) in [5, 5.41) is 15.7. The number of rotatable bonds is 6. The summed E-state index contributed by atoms with van der Waals surface area (Å²) in [5.41, 5.74) is 2.91. The van der Waals surface area contributed by atoms with Crippen LogP contribution in [-0.4, -0.2) is 40.0 Å². The number of benzene rings is 2. The maximum absolute atomic E-state index is 12.8. The summed E-state index contributed by atoms with van der Waals surface area (Å²) in [6, 6.07) is 16.6. The molecule has 0 aliphatic carbocycles. The van der Waals surface area contributed by atoms with Crippen LogP contribution >= 0.6 is 0 Å². The van der Waals surface area contributed by atoms with Gasteiger partial charge in [0.1, 0.15) is 5.69 Å².